The lowest BCUT2D eigenvalue weighted by Gasteiger charge is -2.34. The van der Waals surface area contributed by atoms with E-state index in [0.29, 0.717) is 30.5 Å². The summed E-state index contributed by atoms with van der Waals surface area (Å²) in [6, 6.07) is 1.83. The van der Waals surface area contributed by atoms with Gasteiger partial charge in [-0.15, -0.1) is 0 Å². The van der Waals surface area contributed by atoms with E-state index in [9.17, 15) is 8.42 Å². The second-order valence-corrected chi connectivity index (χ2v) is 10.8. The van der Waals surface area contributed by atoms with Gasteiger partial charge in [-0.05, 0) is 26.0 Å². The van der Waals surface area contributed by atoms with E-state index >= 15 is 0 Å². The van der Waals surface area contributed by atoms with Crippen molar-refractivity contribution in [1.29, 1.82) is 0 Å². The van der Waals surface area contributed by atoms with Crippen LogP contribution in [0.25, 0.3) is 22.4 Å². The number of nitrogens with one attached hydrogen (secondary N) is 2. The number of hydrogen-bond donors (Lipinski definition) is 2. The standard InChI is InChI=1S/C21H29N9O2S/c1-28-8-10-29(11-9-28)21-24-12-16(18-13-23-20-17(26-18)5-6-22-20)19(27-21)25-15-4-3-7-30(14-15)33(2,31)32/h5-6,12-13,15H,3-4,7-11,14H2,1-2H3,(H,22,23)(H,24,25,27)/t15-/m0/s1. The maximum atomic E-state index is 12.1. The summed E-state index contributed by atoms with van der Waals surface area (Å²) in [7, 11) is -1.13. The van der Waals surface area contributed by atoms with Gasteiger partial charge in [-0.2, -0.15) is 4.98 Å². The second kappa shape index (κ2) is 8.84. The molecular formula is C21H29N9O2S. The molecule has 0 radical (unpaired) electrons. The van der Waals surface area contributed by atoms with Crippen molar-refractivity contribution in [3.8, 4) is 11.3 Å². The zero-order valence-corrected chi connectivity index (χ0v) is 19.7. The van der Waals surface area contributed by atoms with Crippen molar-refractivity contribution < 1.29 is 8.42 Å². The first kappa shape index (κ1) is 22.0. The summed E-state index contributed by atoms with van der Waals surface area (Å²) >= 11 is 0. The maximum absolute atomic E-state index is 12.1. The maximum Gasteiger partial charge on any atom is 0.227 e. The van der Waals surface area contributed by atoms with Crippen LogP contribution in [-0.2, 0) is 10.0 Å². The van der Waals surface area contributed by atoms with E-state index in [1.807, 2.05) is 12.3 Å². The zero-order chi connectivity index (χ0) is 23.0. The molecule has 2 saturated heterocycles. The van der Waals surface area contributed by atoms with Crippen molar-refractivity contribution in [2.75, 3.05) is 62.8 Å². The Labute approximate surface area is 193 Å². The van der Waals surface area contributed by atoms with Gasteiger partial charge in [-0.25, -0.2) is 27.7 Å². The fraction of sp³-hybridized carbons (Fsp3) is 0.524. The van der Waals surface area contributed by atoms with E-state index in [4.69, 9.17) is 9.97 Å². The second-order valence-electron chi connectivity index (χ2n) is 8.79. The van der Waals surface area contributed by atoms with Crippen LogP contribution >= 0.6 is 0 Å². The molecule has 11 nitrogen and oxygen atoms in total. The Hall–Kier alpha value is -2.83. The number of H-pyrrole nitrogens is 1. The normalized spacial score (nSPS) is 20.9. The molecule has 5 heterocycles. The van der Waals surface area contributed by atoms with Crippen LogP contribution in [0.15, 0.2) is 24.7 Å². The van der Waals surface area contributed by atoms with Gasteiger partial charge in [0.05, 0.1) is 23.7 Å². The van der Waals surface area contributed by atoms with Crippen LogP contribution < -0.4 is 10.2 Å². The number of aromatic amines is 1. The third-order valence-electron chi connectivity index (χ3n) is 6.29. The lowest BCUT2D eigenvalue weighted by atomic mass is 10.1. The summed E-state index contributed by atoms with van der Waals surface area (Å²) in [5, 5.41) is 3.51. The first-order chi connectivity index (χ1) is 15.9. The average Bonchev–Trinajstić information content (AvgIpc) is 3.27. The van der Waals surface area contributed by atoms with Crippen molar-refractivity contribution in [3.05, 3.63) is 24.7 Å². The van der Waals surface area contributed by atoms with Crippen molar-refractivity contribution in [3.63, 3.8) is 0 Å². The van der Waals surface area contributed by atoms with Gasteiger partial charge in [-0.1, -0.05) is 0 Å². The number of likely N-dealkylation sites (N-methyl/N-ethyl adjacent to an activating group) is 1. The molecule has 0 unspecified atom stereocenters. The van der Waals surface area contributed by atoms with Crippen molar-refractivity contribution in [1.82, 2.24) is 34.1 Å². The zero-order valence-electron chi connectivity index (χ0n) is 18.9. The van der Waals surface area contributed by atoms with Gasteiger partial charge in [0.1, 0.15) is 11.3 Å². The number of fused-ring (bicyclic) bond motifs is 1. The van der Waals surface area contributed by atoms with Crippen LogP contribution in [0.1, 0.15) is 12.8 Å². The Morgan fingerprint density at radius 3 is 2.70 bits per heavy atom. The SMILES string of the molecule is CN1CCN(c2ncc(-c3cnc4[nH]ccc4n3)c(N[C@H]3CCCN(S(C)(=O)=O)C3)n2)CC1. The Balaban J connectivity index is 1.48. The molecule has 12 heteroatoms. The summed E-state index contributed by atoms with van der Waals surface area (Å²) in [4.78, 5) is 26.3. The van der Waals surface area contributed by atoms with E-state index in [1.54, 1.807) is 12.4 Å². The largest absolute Gasteiger partial charge is 0.365 e. The van der Waals surface area contributed by atoms with Gasteiger partial charge in [0.2, 0.25) is 16.0 Å². The van der Waals surface area contributed by atoms with Gasteiger partial charge >= 0.3 is 0 Å². The predicted molar refractivity (Wildman–Crippen MR) is 128 cm³/mol. The number of aromatic nitrogens is 5. The van der Waals surface area contributed by atoms with Crippen molar-refractivity contribution >= 4 is 33.0 Å². The third-order valence-corrected chi connectivity index (χ3v) is 7.56. The molecule has 0 spiro atoms. The molecule has 3 aromatic rings. The molecule has 0 aliphatic carbocycles. The third kappa shape index (κ3) is 4.77. The monoisotopic (exact) mass is 471 g/mol. The molecule has 5 rings (SSSR count). The molecule has 1 atom stereocenters. The lowest BCUT2D eigenvalue weighted by molar-refractivity contribution is 0.311. The molecular weight excluding hydrogens is 442 g/mol. The van der Waals surface area contributed by atoms with E-state index < -0.39 is 10.0 Å². The molecule has 0 aromatic carbocycles. The van der Waals surface area contributed by atoms with Gasteiger partial charge in [0.25, 0.3) is 0 Å². The lowest BCUT2D eigenvalue weighted by Crippen LogP contribution is -2.46. The number of sulfonamides is 1. The summed E-state index contributed by atoms with van der Waals surface area (Å²) < 4.78 is 25.7. The highest BCUT2D eigenvalue weighted by Crippen LogP contribution is 2.29. The Bertz CT molecular complexity index is 1240. The minimum absolute atomic E-state index is 0.0496. The van der Waals surface area contributed by atoms with Gasteiger partial charge < -0.3 is 20.1 Å². The number of nitrogens with zero attached hydrogens (tertiary/aromatic N) is 7. The van der Waals surface area contributed by atoms with E-state index in [0.717, 1.165) is 55.7 Å². The predicted octanol–water partition coefficient (Wildman–Crippen LogP) is 1.00. The van der Waals surface area contributed by atoms with Crippen molar-refractivity contribution in [2.45, 2.75) is 18.9 Å². The fourth-order valence-electron chi connectivity index (χ4n) is 4.34. The number of piperazine rings is 1. The highest BCUT2D eigenvalue weighted by atomic mass is 32.2. The van der Waals surface area contributed by atoms with Crippen LogP contribution in [0.4, 0.5) is 11.8 Å². The first-order valence-electron chi connectivity index (χ1n) is 11.2. The van der Waals surface area contributed by atoms with Crippen LogP contribution in [0, 0.1) is 0 Å². The minimum atomic E-state index is -3.24. The first-order valence-corrected chi connectivity index (χ1v) is 13.0. The van der Waals surface area contributed by atoms with Crippen LogP contribution in [-0.4, -0.2) is 101 Å². The Kier molecular flexibility index (Phi) is 5.89. The minimum Gasteiger partial charge on any atom is -0.365 e. The molecule has 0 saturated carbocycles. The summed E-state index contributed by atoms with van der Waals surface area (Å²) in [5.41, 5.74) is 2.91. The highest BCUT2D eigenvalue weighted by Gasteiger charge is 2.27. The molecule has 2 N–H and O–H groups in total. The van der Waals surface area contributed by atoms with Crippen LogP contribution in [0.3, 0.4) is 0 Å². The molecule has 2 aliphatic rings. The summed E-state index contributed by atoms with van der Waals surface area (Å²) in [5.74, 6) is 1.32. The average molecular weight is 472 g/mol. The van der Waals surface area contributed by atoms with E-state index in [-0.39, 0.29) is 6.04 Å². The molecule has 2 aliphatic heterocycles. The van der Waals surface area contributed by atoms with Crippen LogP contribution in [0.2, 0.25) is 0 Å². The van der Waals surface area contributed by atoms with Crippen molar-refractivity contribution in [2.24, 2.45) is 0 Å². The topological polar surface area (TPSA) is 123 Å². The molecule has 176 valence electrons. The highest BCUT2D eigenvalue weighted by molar-refractivity contribution is 7.88. The van der Waals surface area contributed by atoms with E-state index in [2.05, 4.69) is 37.1 Å². The molecule has 33 heavy (non-hydrogen) atoms. The van der Waals surface area contributed by atoms with Crippen LogP contribution in [0.5, 0.6) is 0 Å². The molecule has 3 aromatic heterocycles. The molecule has 2 fully saturated rings. The number of rotatable bonds is 5. The number of piperidine rings is 1. The summed E-state index contributed by atoms with van der Waals surface area (Å²) in [6.07, 6.45) is 8.24. The van der Waals surface area contributed by atoms with Gasteiger partial charge in [0, 0.05) is 57.7 Å². The van der Waals surface area contributed by atoms with Gasteiger partial charge in [-0.3, -0.25) is 0 Å². The number of hydrogen-bond acceptors (Lipinski definition) is 9. The molecule has 0 bridgehead atoms. The quantitative estimate of drug-likeness (QED) is 0.561. The Morgan fingerprint density at radius 1 is 1.09 bits per heavy atom. The number of anilines is 2. The van der Waals surface area contributed by atoms with Gasteiger partial charge in [0.15, 0.2) is 5.65 Å². The molecule has 0 amide bonds. The fourth-order valence-corrected chi connectivity index (χ4v) is 5.26. The van der Waals surface area contributed by atoms with E-state index in [1.165, 1.54) is 10.6 Å². The Morgan fingerprint density at radius 2 is 1.91 bits per heavy atom. The smallest absolute Gasteiger partial charge is 0.227 e. The summed E-state index contributed by atoms with van der Waals surface area (Å²) in [6.45, 7) is 4.58.